The Morgan fingerprint density at radius 1 is 1.20 bits per heavy atom. The lowest BCUT2D eigenvalue weighted by molar-refractivity contribution is 0.149. The number of benzene rings is 2. The van der Waals surface area contributed by atoms with Crippen LogP contribution in [-0.4, -0.2) is 54.5 Å². The summed E-state index contributed by atoms with van der Waals surface area (Å²) in [5, 5.41) is 3.22. The monoisotopic (exact) mass is 412 g/mol. The fourth-order valence-electron chi connectivity index (χ4n) is 4.54. The normalized spacial score (nSPS) is 16.0. The van der Waals surface area contributed by atoms with Crippen LogP contribution in [0.15, 0.2) is 36.4 Å². The predicted octanol–water partition coefficient (Wildman–Crippen LogP) is 4.74. The van der Waals surface area contributed by atoms with Crippen LogP contribution in [0.2, 0.25) is 0 Å². The molecule has 2 aromatic carbocycles. The number of aromatic amines is 1. The Labute approximate surface area is 176 Å². The molecule has 0 bridgehead atoms. The van der Waals surface area contributed by atoms with Crippen molar-refractivity contribution in [3.8, 4) is 11.4 Å². The van der Waals surface area contributed by atoms with Crippen molar-refractivity contribution in [2.45, 2.75) is 38.5 Å². The highest BCUT2D eigenvalue weighted by Crippen LogP contribution is 2.33. The molecule has 0 radical (unpaired) electrons. The first kappa shape index (κ1) is 20.9. The molecule has 0 saturated carbocycles. The highest BCUT2D eigenvalue weighted by atomic mass is 19.3. The number of aromatic nitrogens is 2. The number of H-pyrrole nitrogens is 1. The number of aryl methyl sites for hydroxylation is 1. The minimum absolute atomic E-state index is 0.260. The summed E-state index contributed by atoms with van der Waals surface area (Å²) in [5.41, 5.74) is 5.78. The molecule has 1 aliphatic heterocycles. The van der Waals surface area contributed by atoms with Crippen molar-refractivity contribution in [1.82, 2.24) is 20.2 Å². The Bertz CT molecular complexity index is 990. The van der Waals surface area contributed by atoms with E-state index >= 15 is 0 Å². The van der Waals surface area contributed by atoms with Gasteiger partial charge in [-0.2, -0.15) is 0 Å². The molecule has 30 heavy (non-hydrogen) atoms. The number of fused-ring (bicyclic) bond motifs is 1. The van der Waals surface area contributed by atoms with Gasteiger partial charge in [-0.15, -0.1) is 0 Å². The van der Waals surface area contributed by atoms with E-state index in [1.807, 2.05) is 19.2 Å². The van der Waals surface area contributed by atoms with Crippen molar-refractivity contribution in [3.05, 3.63) is 53.1 Å². The molecule has 160 valence electrons. The Morgan fingerprint density at radius 2 is 1.97 bits per heavy atom. The third kappa shape index (κ3) is 4.55. The van der Waals surface area contributed by atoms with Gasteiger partial charge in [0.05, 0.1) is 11.0 Å². The molecule has 4 rings (SSSR count). The van der Waals surface area contributed by atoms with E-state index < -0.39 is 6.43 Å². The van der Waals surface area contributed by atoms with Gasteiger partial charge in [0.2, 0.25) is 6.43 Å². The summed E-state index contributed by atoms with van der Waals surface area (Å²) in [6.45, 7) is 6.46. The quantitative estimate of drug-likeness (QED) is 0.589. The number of rotatable bonds is 7. The molecule has 4 nitrogen and oxygen atoms in total. The van der Waals surface area contributed by atoms with Crippen molar-refractivity contribution in [1.29, 1.82) is 0 Å². The summed E-state index contributed by atoms with van der Waals surface area (Å²) < 4.78 is 26.0. The standard InChI is InChI=1S/C24H30F2N4/c1-16-13-19(17-7-10-30(11-8-17)12-9-27-2)14-21-23(16)29-24(28-21)20-6-4-3-5-18(20)15-22(25)26/h3-6,13-14,17,22,27H,7-12,15H2,1-2H3,(H,28,29). The van der Waals surface area contributed by atoms with E-state index in [0.717, 1.165) is 61.2 Å². The smallest absolute Gasteiger partial charge is 0.242 e. The number of likely N-dealkylation sites (N-methyl/N-ethyl adjacent to an activating group) is 1. The molecule has 0 spiro atoms. The van der Waals surface area contributed by atoms with Crippen LogP contribution in [0.4, 0.5) is 8.78 Å². The zero-order valence-electron chi connectivity index (χ0n) is 17.7. The average molecular weight is 413 g/mol. The lowest BCUT2D eigenvalue weighted by Gasteiger charge is -2.32. The lowest BCUT2D eigenvalue weighted by atomic mass is 9.88. The van der Waals surface area contributed by atoms with Gasteiger partial charge in [0.1, 0.15) is 5.82 Å². The summed E-state index contributed by atoms with van der Waals surface area (Å²) >= 11 is 0. The minimum atomic E-state index is -2.37. The highest BCUT2D eigenvalue weighted by molar-refractivity contribution is 5.83. The van der Waals surface area contributed by atoms with Gasteiger partial charge < -0.3 is 15.2 Å². The largest absolute Gasteiger partial charge is 0.338 e. The first-order valence-electron chi connectivity index (χ1n) is 10.8. The lowest BCUT2D eigenvalue weighted by Crippen LogP contribution is -2.37. The zero-order valence-corrected chi connectivity index (χ0v) is 17.7. The molecule has 1 aromatic heterocycles. The fraction of sp³-hybridized carbons (Fsp3) is 0.458. The molecule has 1 aliphatic rings. The summed E-state index contributed by atoms with van der Waals surface area (Å²) in [5.74, 6) is 1.22. The topological polar surface area (TPSA) is 44.0 Å². The maximum Gasteiger partial charge on any atom is 0.242 e. The van der Waals surface area contributed by atoms with Gasteiger partial charge in [-0.05, 0) is 68.6 Å². The molecule has 2 N–H and O–H groups in total. The van der Waals surface area contributed by atoms with Crippen LogP contribution in [0.1, 0.15) is 35.4 Å². The maximum atomic E-state index is 13.0. The molecule has 3 aromatic rings. The van der Waals surface area contributed by atoms with Gasteiger partial charge in [0.25, 0.3) is 0 Å². The summed E-state index contributed by atoms with van der Waals surface area (Å²) in [6, 6.07) is 11.8. The molecule has 6 heteroatoms. The van der Waals surface area contributed by atoms with Crippen molar-refractivity contribution in [3.63, 3.8) is 0 Å². The van der Waals surface area contributed by atoms with Crippen LogP contribution in [-0.2, 0) is 6.42 Å². The second-order valence-corrected chi connectivity index (χ2v) is 8.29. The number of halogens is 2. The van der Waals surface area contributed by atoms with E-state index in [-0.39, 0.29) is 6.42 Å². The van der Waals surface area contributed by atoms with Crippen molar-refractivity contribution >= 4 is 11.0 Å². The number of imidazole rings is 1. The van der Waals surface area contributed by atoms with Crippen LogP contribution in [0.5, 0.6) is 0 Å². The molecule has 2 heterocycles. The average Bonchev–Trinajstić information content (AvgIpc) is 3.17. The molecule has 1 fully saturated rings. The third-order valence-electron chi connectivity index (χ3n) is 6.18. The number of hydrogen-bond acceptors (Lipinski definition) is 3. The second-order valence-electron chi connectivity index (χ2n) is 8.29. The number of likely N-dealkylation sites (tertiary alicyclic amines) is 1. The SMILES string of the molecule is CNCCN1CCC(c2cc(C)c3nc(-c4ccccc4CC(F)F)[nH]c3c2)CC1. The number of nitrogens with one attached hydrogen (secondary N) is 2. The predicted molar refractivity (Wildman–Crippen MR) is 118 cm³/mol. The Balaban J connectivity index is 1.59. The second kappa shape index (κ2) is 9.23. The van der Waals surface area contributed by atoms with Crippen LogP contribution in [0.25, 0.3) is 22.4 Å². The molecule has 0 amide bonds. The first-order valence-corrected chi connectivity index (χ1v) is 10.8. The van der Waals surface area contributed by atoms with Crippen LogP contribution in [0, 0.1) is 6.92 Å². The molecule has 1 saturated heterocycles. The molecule has 0 aliphatic carbocycles. The number of hydrogen-bond donors (Lipinski definition) is 2. The van der Waals surface area contributed by atoms with E-state index in [1.165, 1.54) is 5.56 Å². The number of alkyl halides is 2. The maximum absolute atomic E-state index is 13.0. The summed E-state index contributed by atoms with van der Waals surface area (Å²) in [4.78, 5) is 10.7. The van der Waals surface area contributed by atoms with Gasteiger partial charge in [0, 0.05) is 25.1 Å². The third-order valence-corrected chi connectivity index (χ3v) is 6.18. The number of piperidine rings is 1. The van der Waals surface area contributed by atoms with Gasteiger partial charge in [-0.3, -0.25) is 0 Å². The van der Waals surface area contributed by atoms with Gasteiger partial charge >= 0.3 is 0 Å². The first-order chi connectivity index (χ1) is 14.5. The van der Waals surface area contributed by atoms with E-state index in [9.17, 15) is 8.78 Å². The van der Waals surface area contributed by atoms with Crippen LogP contribution >= 0.6 is 0 Å². The van der Waals surface area contributed by atoms with E-state index in [4.69, 9.17) is 4.98 Å². The Kier molecular flexibility index (Phi) is 6.44. The zero-order chi connectivity index (χ0) is 21.1. The van der Waals surface area contributed by atoms with Gasteiger partial charge in [0.15, 0.2) is 0 Å². The summed E-state index contributed by atoms with van der Waals surface area (Å²) in [7, 11) is 2.00. The molecular formula is C24H30F2N4. The Hall–Kier alpha value is -2.31. The minimum Gasteiger partial charge on any atom is -0.338 e. The van der Waals surface area contributed by atoms with Crippen LogP contribution in [0.3, 0.4) is 0 Å². The fourth-order valence-corrected chi connectivity index (χ4v) is 4.54. The van der Waals surface area contributed by atoms with Gasteiger partial charge in [-0.1, -0.05) is 30.3 Å². The van der Waals surface area contributed by atoms with E-state index in [1.54, 1.807) is 12.1 Å². The van der Waals surface area contributed by atoms with Gasteiger partial charge in [-0.25, -0.2) is 13.8 Å². The van der Waals surface area contributed by atoms with Crippen molar-refractivity contribution < 1.29 is 8.78 Å². The molecular weight excluding hydrogens is 382 g/mol. The van der Waals surface area contributed by atoms with E-state index in [0.29, 0.717) is 17.3 Å². The number of nitrogens with zero attached hydrogens (tertiary/aromatic N) is 2. The van der Waals surface area contributed by atoms with Crippen LogP contribution < -0.4 is 5.32 Å². The van der Waals surface area contributed by atoms with E-state index in [2.05, 4.69) is 34.3 Å². The van der Waals surface area contributed by atoms with Crippen molar-refractivity contribution in [2.75, 3.05) is 33.2 Å². The van der Waals surface area contributed by atoms with Crippen molar-refractivity contribution in [2.24, 2.45) is 0 Å². The molecule has 0 atom stereocenters. The summed E-state index contributed by atoms with van der Waals surface area (Å²) in [6.07, 6.45) is -0.314. The molecule has 0 unspecified atom stereocenters. The highest BCUT2D eigenvalue weighted by Gasteiger charge is 2.22. The Morgan fingerprint density at radius 3 is 2.70 bits per heavy atom.